The van der Waals surface area contributed by atoms with Crippen molar-refractivity contribution in [2.24, 2.45) is 9.74 Å². The third-order valence-electron chi connectivity index (χ3n) is 7.82. The minimum absolute atomic E-state index is 0.303. The van der Waals surface area contributed by atoms with Crippen molar-refractivity contribution in [3.63, 3.8) is 0 Å². The molecule has 0 amide bonds. The molecule has 0 radical (unpaired) electrons. The number of nitriles is 1. The molecule has 0 bridgehead atoms. The third-order valence-corrected chi connectivity index (χ3v) is 11.6. The summed E-state index contributed by atoms with van der Waals surface area (Å²) in [7, 11) is -0.687. The van der Waals surface area contributed by atoms with E-state index in [4.69, 9.17) is 14.8 Å². The minimum atomic E-state index is -2.80. The summed E-state index contributed by atoms with van der Waals surface area (Å²) in [5, 5.41) is 17.3. The second kappa shape index (κ2) is 9.73. The highest BCUT2D eigenvalue weighted by Gasteiger charge is 2.47. The van der Waals surface area contributed by atoms with Crippen molar-refractivity contribution < 1.29 is 4.39 Å². The molecule has 6 rings (SSSR count). The van der Waals surface area contributed by atoms with Gasteiger partial charge in [-0.2, -0.15) is 10.4 Å². The SMILES string of the molecule is Cc1nn(CCC#N)c2c1P(=Nc1ccc(F)cc1)(c1ccccc1)C(=C1N(C)c3ccccc3C1(C)C)C=N2. The average Bonchev–Trinajstić information content (AvgIpc) is 3.39. The van der Waals surface area contributed by atoms with E-state index in [1.54, 1.807) is 12.1 Å². The van der Waals surface area contributed by atoms with Gasteiger partial charge in [0.05, 0.1) is 42.8 Å². The lowest BCUT2D eigenvalue weighted by Crippen LogP contribution is -2.30. The Morgan fingerprint density at radius 2 is 1.70 bits per heavy atom. The van der Waals surface area contributed by atoms with Crippen LogP contribution in [0.25, 0.3) is 0 Å². The first kappa shape index (κ1) is 26.0. The molecule has 0 N–H and O–H groups in total. The molecular weight excluding hydrogens is 518 g/mol. The van der Waals surface area contributed by atoms with Crippen LogP contribution in [0.1, 0.15) is 31.5 Å². The largest absolute Gasteiger partial charge is 0.346 e. The number of allylic oxidation sites excluding steroid dienone is 2. The highest BCUT2D eigenvalue weighted by Crippen LogP contribution is 2.64. The Balaban J connectivity index is 1.79. The molecule has 40 heavy (non-hydrogen) atoms. The summed E-state index contributed by atoms with van der Waals surface area (Å²) in [4.78, 5) is 7.29. The topological polar surface area (TPSA) is 69.6 Å². The fourth-order valence-corrected chi connectivity index (χ4v) is 10.2. The molecule has 3 heterocycles. The van der Waals surface area contributed by atoms with Gasteiger partial charge in [0.25, 0.3) is 0 Å². The summed E-state index contributed by atoms with van der Waals surface area (Å²) in [6.07, 6.45) is 2.30. The fraction of sp³-hybridized carbons (Fsp3) is 0.219. The lowest BCUT2D eigenvalue weighted by atomic mass is 9.84. The zero-order valence-corrected chi connectivity index (χ0v) is 23.9. The van der Waals surface area contributed by atoms with Crippen LogP contribution in [0.15, 0.2) is 99.6 Å². The summed E-state index contributed by atoms with van der Waals surface area (Å²) in [6, 6.07) is 27.5. The number of aryl methyl sites for hydroxylation is 2. The summed E-state index contributed by atoms with van der Waals surface area (Å²) in [6.45, 7) is 6.95. The van der Waals surface area contributed by atoms with Crippen LogP contribution in [0.5, 0.6) is 0 Å². The van der Waals surface area contributed by atoms with E-state index in [0.717, 1.165) is 38.8 Å². The summed E-state index contributed by atoms with van der Waals surface area (Å²) in [5.74, 6) is 0.430. The van der Waals surface area contributed by atoms with Crippen LogP contribution in [0.3, 0.4) is 0 Å². The van der Waals surface area contributed by atoms with Crippen molar-refractivity contribution in [1.29, 1.82) is 5.26 Å². The van der Waals surface area contributed by atoms with Gasteiger partial charge in [0.15, 0.2) is 5.82 Å². The molecule has 8 heteroatoms. The lowest BCUT2D eigenvalue weighted by molar-refractivity contribution is 0.626. The summed E-state index contributed by atoms with van der Waals surface area (Å²) < 4.78 is 21.5. The minimum Gasteiger partial charge on any atom is -0.346 e. The summed E-state index contributed by atoms with van der Waals surface area (Å²) in [5.41, 5.74) is 4.74. The van der Waals surface area contributed by atoms with E-state index in [-0.39, 0.29) is 11.2 Å². The molecule has 200 valence electrons. The second-order valence-corrected chi connectivity index (χ2v) is 13.5. The molecule has 0 aliphatic carbocycles. The molecule has 0 saturated carbocycles. The number of rotatable bonds is 4. The molecule has 0 fully saturated rings. The molecule has 2 aliphatic heterocycles. The van der Waals surface area contributed by atoms with E-state index in [9.17, 15) is 9.65 Å². The number of nitrogens with zero attached hydrogens (tertiary/aromatic N) is 6. The maximum atomic E-state index is 14.0. The van der Waals surface area contributed by atoms with Crippen molar-refractivity contribution in [3.8, 4) is 6.07 Å². The standard InChI is InChI=1S/C32H30FN6P/c1-22-29-31(39(36-22)20-10-19-34)35-21-28(30-32(2,3)26-13-8-9-14-27(26)38(30)4)40(29,25-11-6-5-7-12-25)37-24-17-15-23(33)16-18-24/h5-9,11-18,21H,10,20H2,1-4H3. The zero-order valence-electron chi connectivity index (χ0n) is 23.0. The number of fused-ring (bicyclic) bond motifs is 2. The Labute approximate surface area is 234 Å². The molecule has 0 spiro atoms. The molecule has 0 saturated heterocycles. The first-order valence-corrected chi connectivity index (χ1v) is 15.0. The molecule has 6 nitrogen and oxygen atoms in total. The van der Waals surface area contributed by atoms with Gasteiger partial charge in [0.1, 0.15) is 5.82 Å². The lowest BCUT2D eigenvalue weighted by Gasteiger charge is -2.35. The monoisotopic (exact) mass is 548 g/mol. The quantitative estimate of drug-likeness (QED) is 0.256. The van der Waals surface area contributed by atoms with Gasteiger partial charge in [0.2, 0.25) is 0 Å². The second-order valence-electron chi connectivity index (χ2n) is 10.6. The van der Waals surface area contributed by atoms with Crippen molar-refractivity contribution >= 4 is 41.1 Å². The molecule has 1 atom stereocenters. The predicted molar refractivity (Wildman–Crippen MR) is 161 cm³/mol. The Bertz CT molecular complexity index is 1770. The van der Waals surface area contributed by atoms with Crippen LogP contribution in [0.2, 0.25) is 0 Å². The van der Waals surface area contributed by atoms with Gasteiger partial charge in [-0.05, 0) is 42.8 Å². The van der Waals surface area contributed by atoms with E-state index in [1.807, 2.05) is 36.0 Å². The van der Waals surface area contributed by atoms with Gasteiger partial charge in [-0.3, -0.25) is 4.74 Å². The van der Waals surface area contributed by atoms with Crippen molar-refractivity contribution in [2.45, 2.75) is 39.2 Å². The molecule has 4 aromatic rings. The number of likely N-dealkylation sites (N-methyl/N-ethyl adjacent to an activating group) is 1. The van der Waals surface area contributed by atoms with Gasteiger partial charge >= 0.3 is 0 Å². The van der Waals surface area contributed by atoms with Gasteiger partial charge in [-0.15, -0.1) is 0 Å². The Kier molecular flexibility index (Phi) is 6.32. The van der Waals surface area contributed by atoms with Crippen LogP contribution in [0.4, 0.5) is 21.6 Å². The number of hydrogen-bond acceptors (Lipinski definition) is 5. The van der Waals surface area contributed by atoms with E-state index >= 15 is 0 Å². The normalized spacial score (nSPS) is 20.6. The number of halogens is 1. The van der Waals surface area contributed by atoms with E-state index < -0.39 is 7.05 Å². The highest BCUT2D eigenvalue weighted by molar-refractivity contribution is 7.86. The molecular formula is C32H30FN6P. The average molecular weight is 549 g/mol. The number of aliphatic imine (C=N–C) groups is 1. The van der Waals surface area contributed by atoms with Crippen LogP contribution in [-0.4, -0.2) is 23.0 Å². The fourth-order valence-electron chi connectivity index (χ4n) is 6.13. The molecule has 1 unspecified atom stereocenters. The van der Waals surface area contributed by atoms with Crippen LogP contribution >= 0.6 is 7.05 Å². The predicted octanol–water partition coefficient (Wildman–Crippen LogP) is 7.08. The molecule has 2 aliphatic rings. The van der Waals surface area contributed by atoms with Gasteiger partial charge in [0, 0.05) is 40.7 Å². The van der Waals surface area contributed by atoms with Gasteiger partial charge in [-0.25, -0.2) is 14.1 Å². The maximum absolute atomic E-state index is 14.0. The van der Waals surface area contributed by atoms with E-state index in [1.165, 1.54) is 17.7 Å². The smallest absolute Gasteiger partial charge is 0.160 e. The molecule has 1 aromatic heterocycles. The number of aromatic nitrogens is 2. The van der Waals surface area contributed by atoms with Crippen molar-refractivity contribution in [2.75, 3.05) is 11.9 Å². The van der Waals surface area contributed by atoms with Crippen LogP contribution < -0.4 is 15.5 Å². The van der Waals surface area contributed by atoms with E-state index in [0.29, 0.717) is 18.7 Å². The zero-order chi connectivity index (χ0) is 28.1. The van der Waals surface area contributed by atoms with Crippen LogP contribution in [-0.2, 0) is 12.0 Å². The van der Waals surface area contributed by atoms with Crippen molar-refractivity contribution in [1.82, 2.24) is 9.78 Å². The maximum Gasteiger partial charge on any atom is 0.160 e. The number of anilines is 1. The highest BCUT2D eigenvalue weighted by atomic mass is 31.2. The Hall–Kier alpha value is -4.27. The first-order chi connectivity index (χ1) is 19.3. The Morgan fingerprint density at radius 1 is 1.00 bits per heavy atom. The van der Waals surface area contributed by atoms with Crippen LogP contribution in [0, 0.1) is 24.1 Å². The number of para-hydroxylation sites is 1. The third kappa shape index (κ3) is 3.86. The Morgan fingerprint density at radius 3 is 2.40 bits per heavy atom. The molecule has 3 aromatic carbocycles. The van der Waals surface area contributed by atoms with Gasteiger partial charge in [-0.1, -0.05) is 62.4 Å². The first-order valence-electron chi connectivity index (χ1n) is 13.3. The van der Waals surface area contributed by atoms with Gasteiger partial charge < -0.3 is 4.90 Å². The summed E-state index contributed by atoms with van der Waals surface area (Å²) >= 11 is 0. The van der Waals surface area contributed by atoms with E-state index in [2.05, 4.69) is 68.3 Å². The number of benzene rings is 3. The number of hydrogen-bond donors (Lipinski definition) is 0. The van der Waals surface area contributed by atoms with Crippen molar-refractivity contribution in [3.05, 3.63) is 107 Å².